The largest absolute Gasteiger partial charge is 0.301 e. The Hall–Kier alpha value is -1.49. The number of nitrogens with zero attached hydrogens (tertiary/aromatic N) is 2. The number of pyridine rings is 1. The minimum Gasteiger partial charge on any atom is -0.301 e. The molecule has 13 heavy (non-hydrogen) atoms. The fourth-order valence-corrected chi connectivity index (χ4v) is 0.894. The van der Waals surface area contributed by atoms with E-state index in [1.54, 1.807) is 0 Å². The summed E-state index contributed by atoms with van der Waals surface area (Å²) < 4.78 is 0. The minimum atomic E-state index is -0.882. The average Bonchev–Trinajstić information content (AvgIpc) is 2.17. The zero-order valence-electron chi connectivity index (χ0n) is 6.38. The van der Waals surface area contributed by atoms with E-state index >= 15 is 0 Å². The molecule has 0 fully saturated rings. The number of rotatable bonds is 3. The first kappa shape index (κ1) is 9.60. The van der Waals surface area contributed by atoms with Gasteiger partial charge in [-0.2, -0.15) is 0 Å². The lowest BCUT2D eigenvalue weighted by molar-refractivity contribution is -0.385. The Morgan fingerprint density at radius 3 is 2.85 bits per heavy atom. The SMILES string of the molecule is O=CC(Cl)c1cncc([N+](=O)[O-])c1. The maximum Gasteiger partial charge on any atom is 0.287 e. The summed E-state index contributed by atoms with van der Waals surface area (Å²) in [5.74, 6) is 0. The quantitative estimate of drug-likeness (QED) is 0.321. The van der Waals surface area contributed by atoms with Gasteiger partial charge >= 0.3 is 0 Å². The lowest BCUT2D eigenvalue weighted by Gasteiger charge is -1.99. The van der Waals surface area contributed by atoms with Crippen molar-refractivity contribution in [3.63, 3.8) is 0 Å². The van der Waals surface area contributed by atoms with Gasteiger partial charge in [0.15, 0.2) is 0 Å². The van der Waals surface area contributed by atoms with Gasteiger partial charge in [-0.25, -0.2) is 0 Å². The van der Waals surface area contributed by atoms with Gasteiger partial charge in [-0.05, 0) is 0 Å². The molecule has 68 valence electrons. The molecule has 6 heteroatoms. The molecule has 0 spiro atoms. The molecule has 0 aliphatic carbocycles. The minimum absolute atomic E-state index is 0.176. The Bertz CT molecular complexity index is 342. The zero-order valence-corrected chi connectivity index (χ0v) is 7.14. The lowest BCUT2D eigenvalue weighted by Crippen LogP contribution is -1.95. The van der Waals surface area contributed by atoms with Crippen molar-refractivity contribution < 1.29 is 9.72 Å². The van der Waals surface area contributed by atoms with E-state index in [2.05, 4.69) is 4.98 Å². The number of hydrogen-bond acceptors (Lipinski definition) is 4. The summed E-state index contributed by atoms with van der Waals surface area (Å²) in [5.41, 5.74) is 0.149. The first-order valence-corrected chi connectivity index (χ1v) is 3.77. The van der Waals surface area contributed by atoms with Gasteiger partial charge in [0, 0.05) is 17.8 Å². The van der Waals surface area contributed by atoms with E-state index in [1.807, 2.05) is 0 Å². The van der Waals surface area contributed by atoms with Crippen LogP contribution in [0.1, 0.15) is 10.9 Å². The standard InChI is InChI=1S/C7H5ClN2O3/c8-7(4-11)5-1-6(10(12)13)3-9-2-5/h1-4,7H. The van der Waals surface area contributed by atoms with Crippen molar-refractivity contribution in [3.8, 4) is 0 Å². The molecule has 0 aromatic carbocycles. The predicted octanol–water partition coefficient (Wildman–Crippen LogP) is 1.47. The van der Waals surface area contributed by atoms with Crippen LogP contribution in [0.2, 0.25) is 0 Å². The highest BCUT2D eigenvalue weighted by Gasteiger charge is 2.11. The van der Waals surface area contributed by atoms with Crippen LogP contribution in [0.5, 0.6) is 0 Å². The Kier molecular flexibility index (Phi) is 2.92. The molecule has 0 saturated heterocycles. The molecule has 1 aromatic heterocycles. The molecule has 1 atom stereocenters. The lowest BCUT2D eigenvalue weighted by atomic mass is 10.2. The normalized spacial score (nSPS) is 12.1. The number of halogens is 1. The molecule has 0 aliphatic rings. The second-order valence-electron chi connectivity index (χ2n) is 2.27. The number of aromatic nitrogens is 1. The number of hydrogen-bond donors (Lipinski definition) is 0. The van der Waals surface area contributed by atoms with E-state index in [-0.39, 0.29) is 5.69 Å². The molecule has 0 bridgehead atoms. The van der Waals surface area contributed by atoms with Crippen LogP contribution in [0, 0.1) is 10.1 Å². The fraction of sp³-hybridized carbons (Fsp3) is 0.143. The first-order chi connectivity index (χ1) is 6.15. The van der Waals surface area contributed by atoms with Crippen molar-refractivity contribution in [1.82, 2.24) is 4.98 Å². The van der Waals surface area contributed by atoms with E-state index in [1.165, 1.54) is 12.3 Å². The van der Waals surface area contributed by atoms with Crippen molar-refractivity contribution in [2.75, 3.05) is 0 Å². The maximum absolute atomic E-state index is 10.3. The van der Waals surface area contributed by atoms with Gasteiger partial charge in [0.25, 0.3) is 5.69 Å². The van der Waals surface area contributed by atoms with Gasteiger partial charge < -0.3 is 4.79 Å². The molecular formula is C7H5ClN2O3. The molecule has 0 radical (unpaired) electrons. The van der Waals surface area contributed by atoms with Gasteiger partial charge in [-0.15, -0.1) is 11.6 Å². The summed E-state index contributed by atoms with van der Waals surface area (Å²) >= 11 is 5.54. The van der Waals surface area contributed by atoms with Crippen molar-refractivity contribution in [2.45, 2.75) is 5.38 Å². The monoisotopic (exact) mass is 200 g/mol. The summed E-state index contributed by atoms with van der Waals surface area (Å²) in [6.45, 7) is 0. The third kappa shape index (κ3) is 2.22. The highest BCUT2D eigenvalue weighted by Crippen LogP contribution is 2.20. The Morgan fingerprint density at radius 2 is 2.31 bits per heavy atom. The fourth-order valence-electron chi connectivity index (χ4n) is 0.774. The molecule has 0 saturated carbocycles. The highest BCUT2D eigenvalue weighted by atomic mass is 35.5. The molecular weight excluding hydrogens is 196 g/mol. The first-order valence-electron chi connectivity index (χ1n) is 3.34. The van der Waals surface area contributed by atoms with E-state index in [9.17, 15) is 14.9 Å². The Morgan fingerprint density at radius 1 is 1.62 bits per heavy atom. The molecule has 1 rings (SSSR count). The summed E-state index contributed by atoms with van der Waals surface area (Å²) in [7, 11) is 0. The van der Waals surface area contributed by atoms with E-state index < -0.39 is 10.3 Å². The molecule has 5 nitrogen and oxygen atoms in total. The summed E-state index contributed by atoms with van der Waals surface area (Å²) in [6, 6.07) is 1.22. The molecule has 1 heterocycles. The van der Waals surface area contributed by atoms with E-state index in [4.69, 9.17) is 11.6 Å². The number of alkyl halides is 1. The van der Waals surface area contributed by atoms with Crippen LogP contribution in [0.4, 0.5) is 5.69 Å². The Labute approximate surface area is 78.5 Å². The van der Waals surface area contributed by atoms with Gasteiger partial charge in [0.2, 0.25) is 0 Å². The van der Waals surface area contributed by atoms with Crippen LogP contribution in [0.3, 0.4) is 0 Å². The number of nitro groups is 1. The molecule has 0 amide bonds. The van der Waals surface area contributed by atoms with Crippen LogP contribution >= 0.6 is 11.6 Å². The summed E-state index contributed by atoms with van der Waals surface area (Å²) in [5, 5.41) is 9.42. The smallest absolute Gasteiger partial charge is 0.287 e. The molecule has 0 N–H and O–H groups in total. The summed E-state index contributed by atoms with van der Waals surface area (Å²) in [4.78, 5) is 23.6. The van der Waals surface area contributed by atoms with Crippen molar-refractivity contribution >= 4 is 23.6 Å². The number of carbonyl (C=O) groups is 1. The Balaban J connectivity index is 3.04. The zero-order chi connectivity index (χ0) is 9.84. The molecule has 1 unspecified atom stereocenters. The van der Waals surface area contributed by atoms with Crippen molar-refractivity contribution in [3.05, 3.63) is 34.1 Å². The van der Waals surface area contributed by atoms with Crippen molar-refractivity contribution in [2.24, 2.45) is 0 Å². The molecule has 0 aliphatic heterocycles. The van der Waals surface area contributed by atoms with Gasteiger partial charge in [0.1, 0.15) is 17.9 Å². The third-order valence-electron chi connectivity index (χ3n) is 1.39. The van der Waals surface area contributed by atoms with Crippen LogP contribution in [-0.4, -0.2) is 16.2 Å². The number of carbonyl (C=O) groups excluding carboxylic acids is 1. The maximum atomic E-state index is 10.3. The van der Waals surface area contributed by atoms with Crippen LogP contribution < -0.4 is 0 Å². The highest BCUT2D eigenvalue weighted by molar-refractivity contribution is 6.27. The van der Waals surface area contributed by atoms with Gasteiger partial charge in [0.05, 0.1) is 4.92 Å². The van der Waals surface area contributed by atoms with E-state index in [0.717, 1.165) is 6.20 Å². The average molecular weight is 201 g/mol. The van der Waals surface area contributed by atoms with E-state index in [0.29, 0.717) is 11.8 Å². The van der Waals surface area contributed by atoms with Crippen LogP contribution in [0.25, 0.3) is 0 Å². The number of aldehydes is 1. The van der Waals surface area contributed by atoms with Crippen LogP contribution in [0.15, 0.2) is 18.5 Å². The van der Waals surface area contributed by atoms with Gasteiger partial charge in [-0.3, -0.25) is 15.1 Å². The predicted molar refractivity (Wildman–Crippen MR) is 45.5 cm³/mol. The summed E-state index contributed by atoms with van der Waals surface area (Å²) in [6.07, 6.45) is 2.90. The molecule has 1 aromatic rings. The topological polar surface area (TPSA) is 73.1 Å². The second kappa shape index (κ2) is 3.95. The third-order valence-corrected chi connectivity index (χ3v) is 1.75. The van der Waals surface area contributed by atoms with Crippen LogP contribution in [-0.2, 0) is 4.79 Å². The second-order valence-corrected chi connectivity index (χ2v) is 2.74. The van der Waals surface area contributed by atoms with Crippen molar-refractivity contribution in [1.29, 1.82) is 0 Å². The van der Waals surface area contributed by atoms with Gasteiger partial charge in [-0.1, -0.05) is 0 Å².